The van der Waals surface area contributed by atoms with Crippen molar-refractivity contribution in [2.24, 2.45) is 5.10 Å². The van der Waals surface area contributed by atoms with Gasteiger partial charge in [0, 0.05) is 12.1 Å². The number of amides is 1. The normalized spacial score (nSPS) is 14.5. The van der Waals surface area contributed by atoms with Crippen LogP contribution in [0.4, 0.5) is 24.8 Å². The molecule has 14 heteroatoms. The molecule has 4 aromatic rings. The molecule has 0 spiro atoms. The Morgan fingerprint density at radius 1 is 1.07 bits per heavy atom. The summed E-state index contributed by atoms with van der Waals surface area (Å²) in [5.74, 6) is 0.888. The van der Waals surface area contributed by atoms with Gasteiger partial charge in [-0.2, -0.15) is 14.8 Å². The number of amidine groups is 1. The molecule has 44 heavy (non-hydrogen) atoms. The lowest BCUT2D eigenvalue weighted by molar-refractivity contribution is -0.274. The highest BCUT2D eigenvalue weighted by Gasteiger charge is 2.32. The van der Waals surface area contributed by atoms with E-state index < -0.39 is 6.36 Å². The number of aliphatic hydroxyl groups is 1. The highest BCUT2D eigenvalue weighted by Crippen LogP contribution is 2.33. The van der Waals surface area contributed by atoms with Gasteiger partial charge in [-0.3, -0.25) is 9.69 Å². The van der Waals surface area contributed by atoms with E-state index >= 15 is 0 Å². The predicted molar refractivity (Wildman–Crippen MR) is 164 cm³/mol. The van der Waals surface area contributed by atoms with Gasteiger partial charge in [-0.1, -0.05) is 68.1 Å². The molecule has 2 heterocycles. The molecule has 0 unspecified atom stereocenters. The molecule has 1 amide bonds. The van der Waals surface area contributed by atoms with Crippen molar-refractivity contribution in [2.75, 3.05) is 29.1 Å². The van der Waals surface area contributed by atoms with E-state index in [-0.39, 0.29) is 30.7 Å². The van der Waals surface area contributed by atoms with Crippen LogP contribution in [0.25, 0.3) is 17.1 Å². The van der Waals surface area contributed by atoms with E-state index in [1.54, 1.807) is 4.90 Å². The van der Waals surface area contributed by atoms with Gasteiger partial charge < -0.3 is 20.6 Å². The molecule has 10 nitrogen and oxygen atoms in total. The number of halogens is 3. The summed E-state index contributed by atoms with van der Waals surface area (Å²) in [5.41, 5.74) is 7.07. The first-order valence-corrected chi connectivity index (χ1v) is 14.7. The molecule has 0 radical (unpaired) electrons. The number of anilines is 2. The van der Waals surface area contributed by atoms with Crippen LogP contribution in [0.15, 0.2) is 77.9 Å². The summed E-state index contributed by atoms with van der Waals surface area (Å²) in [6.45, 7) is 4.64. The number of carbonyl (C=O) groups excluding carboxylic acids is 1. The third kappa shape index (κ3) is 7.32. The number of hydrogen-bond donors (Lipinski definition) is 3. The average molecular weight is 626 g/mol. The van der Waals surface area contributed by atoms with Crippen molar-refractivity contribution in [2.45, 2.75) is 32.7 Å². The van der Waals surface area contributed by atoms with E-state index in [1.165, 1.54) is 40.7 Å². The highest BCUT2D eigenvalue weighted by molar-refractivity contribution is 8.15. The zero-order valence-corrected chi connectivity index (χ0v) is 24.7. The third-order valence-electron chi connectivity index (χ3n) is 6.55. The number of benzene rings is 3. The Labute approximate surface area is 255 Å². The molecule has 1 aromatic heterocycles. The maximum atomic E-state index is 12.7. The van der Waals surface area contributed by atoms with Crippen molar-refractivity contribution in [3.63, 3.8) is 0 Å². The first-order chi connectivity index (χ1) is 21.1. The van der Waals surface area contributed by atoms with E-state index in [2.05, 4.69) is 44.5 Å². The number of hydrogen-bond acceptors (Lipinski definition) is 9. The molecule has 1 aliphatic rings. The number of rotatable bonds is 11. The van der Waals surface area contributed by atoms with Crippen molar-refractivity contribution in [3.8, 4) is 22.8 Å². The SMILES string of the molecule is CC(C)c1ccccc1N1C(=O)CS/C1=N\NCc1ccc(-c2nc(NCCO)n(-c3ccc(OC(F)(F)F)cc3)n2)cc1. The van der Waals surface area contributed by atoms with Crippen LogP contribution in [0.2, 0.25) is 0 Å². The molecule has 5 rings (SSSR count). The second kappa shape index (κ2) is 13.4. The van der Waals surface area contributed by atoms with Gasteiger partial charge in [-0.05, 0) is 47.4 Å². The third-order valence-corrected chi connectivity index (χ3v) is 7.48. The smallest absolute Gasteiger partial charge is 0.406 e. The van der Waals surface area contributed by atoms with Crippen LogP contribution in [0.3, 0.4) is 0 Å². The first-order valence-electron chi connectivity index (χ1n) is 13.8. The Kier molecular flexibility index (Phi) is 9.40. The van der Waals surface area contributed by atoms with Crippen LogP contribution in [0.5, 0.6) is 5.75 Å². The number of hydrazone groups is 1. The van der Waals surface area contributed by atoms with Crippen molar-refractivity contribution < 1.29 is 27.8 Å². The minimum Gasteiger partial charge on any atom is -0.406 e. The van der Waals surface area contributed by atoms with Crippen LogP contribution in [-0.2, 0) is 11.3 Å². The van der Waals surface area contributed by atoms with Crippen LogP contribution in [0, 0.1) is 0 Å². The summed E-state index contributed by atoms with van der Waals surface area (Å²) in [7, 11) is 0. The first kappa shape index (κ1) is 30.9. The van der Waals surface area contributed by atoms with Crippen molar-refractivity contribution in [1.82, 2.24) is 20.2 Å². The lowest BCUT2D eigenvalue weighted by Gasteiger charge is -2.21. The number of carbonyl (C=O) groups is 1. The fraction of sp³-hybridized carbons (Fsp3) is 0.267. The molecular weight excluding hydrogens is 595 g/mol. The number of ether oxygens (including phenoxy) is 1. The van der Waals surface area contributed by atoms with Gasteiger partial charge in [-0.15, -0.1) is 18.3 Å². The van der Waals surface area contributed by atoms with Gasteiger partial charge in [0.15, 0.2) is 11.0 Å². The maximum Gasteiger partial charge on any atom is 0.573 e. The number of para-hydroxylation sites is 1. The Morgan fingerprint density at radius 3 is 2.48 bits per heavy atom. The summed E-state index contributed by atoms with van der Waals surface area (Å²) >= 11 is 1.39. The molecule has 230 valence electrons. The number of alkyl halides is 3. The summed E-state index contributed by atoms with van der Waals surface area (Å²) in [5, 5.41) is 21.9. The molecular formula is C30H30F3N7O3S. The predicted octanol–water partition coefficient (Wildman–Crippen LogP) is 5.50. The van der Waals surface area contributed by atoms with Gasteiger partial charge in [0.25, 0.3) is 0 Å². The van der Waals surface area contributed by atoms with Crippen molar-refractivity contribution in [1.29, 1.82) is 0 Å². The Bertz CT molecular complexity index is 1620. The summed E-state index contributed by atoms with van der Waals surface area (Å²) in [6, 6.07) is 20.6. The number of aromatic nitrogens is 3. The van der Waals surface area contributed by atoms with Gasteiger partial charge >= 0.3 is 6.36 Å². The lowest BCUT2D eigenvalue weighted by atomic mass is 10.0. The van der Waals surface area contributed by atoms with Gasteiger partial charge in [0.1, 0.15) is 5.75 Å². The Hall–Kier alpha value is -4.56. The summed E-state index contributed by atoms with van der Waals surface area (Å²) in [4.78, 5) is 18.9. The molecule has 0 saturated carbocycles. The second-order valence-corrected chi connectivity index (χ2v) is 11.0. The van der Waals surface area contributed by atoms with Crippen molar-refractivity contribution in [3.05, 3.63) is 83.9 Å². The van der Waals surface area contributed by atoms with Crippen molar-refractivity contribution >= 4 is 34.5 Å². The largest absolute Gasteiger partial charge is 0.573 e. The second-order valence-electron chi connectivity index (χ2n) is 10.0. The van der Waals surface area contributed by atoms with Gasteiger partial charge in [0.2, 0.25) is 11.9 Å². The fourth-order valence-electron chi connectivity index (χ4n) is 4.52. The Morgan fingerprint density at radius 2 is 1.80 bits per heavy atom. The molecule has 0 atom stereocenters. The number of nitrogens with zero attached hydrogens (tertiary/aromatic N) is 5. The monoisotopic (exact) mass is 625 g/mol. The van der Waals surface area contributed by atoms with Crippen LogP contribution in [0.1, 0.15) is 30.9 Å². The van der Waals surface area contributed by atoms with Crippen LogP contribution >= 0.6 is 11.8 Å². The minimum absolute atomic E-state index is 0.0154. The lowest BCUT2D eigenvalue weighted by Crippen LogP contribution is -2.31. The van der Waals surface area contributed by atoms with Crippen LogP contribution in [-0.4, -0.2) is 56.2 Å². The van der Waals surface area contributed by atoms with E-state index in [4.69, 9.17) is 0 Å². The highest BCUT2D eigenvalue weighted by atomic mass is 32.2. The topological polar surface area (TPSA) is 117 Å². The maximum absolute atomic E-state index is 12.7. The summed E-state index contributed by atoms with van der Waals surface area (Å²) in [6.07, 6.45) is -4.79. The molecule has 3 N–H and O–H groups in total. The number of aliphatic hydroxyl groups excluding tert-OH is 1. The molecule has 0 bridgehead atoms. The Balaban J connectivity index is 1.29. The van der Waals surface area contributed by atoms with Gasteiger partial charge in [0.05, 0.1) is 30.3 Å². The molecule has 3 aromatic carbocycles. The fourth-order valence-corrected chi connectivity index (χ4v) is 5.36. The standard InChI is InChI=1S/C30H30F3N7O3S/c1-19(2)24-5-3-4-6-25(24)39-26(42)18-44-29(39)37-35-17-20-7-9-21(10-8-20)27-36-28(34-15-16-41)40(38-27)22-11-13-23(14-12-22)43-30(31,32)33/h3-14,19,35,41H,15-18H2,1-2H3,(H,34,36,38)/b37-29-. The van der Waals surface area contributed by atoms with Crippen LogP contribution < -0.4 is 20.4 Å². The molecule has 1 aliphatic heterocycles. The number of thioether (sulfide) groups is 1. The summed E-state index contributed by atoms with van der Waals surface area (Å²) < 4.78 is 43.0. The molecule has 1 saturated heterocycles. The zero-order chi connectivity index (χ0) is 31.3. The number of nitrogens with one attached hydrogen (secondary N) is 2. The van der Waals surface area contributed by atoms with E-state index in [1.807, 2.05) is 48.5 Å². The van der Waals surface area contributed by atoms with E-state index in [0.29, 0.717) is 40.5 Å². The molecule has 0 aliphatic carbocycles. The zero-order valence-electron chi connectivity index (χ0n) is 23.9. The molecule has 1 fully saturated rings. The quantitative estimate of drug-likeness (QED) is 0.187. The average Bonchev–Trinajstić information content (AvgIpc) is 3.59. The minimum atomic E-state index is -4.79. The van der Waals surface area contributed by atoms with E-state index in [0.717, 1.165) is 16.8 Å². The van der Waals surface area contributed by atoms with Gasteiger partial charge in [-0.25, -0.2) is 0 Å². The van der Waals surface area contributed by atoms with E-state index in [9.17, 15) is 23.1 Å².